The predicted octanol–water partition coefficient (Wildman–Crippen LogP) is 2.90. The first-order chi connectivity index (χ1) is 8.63. The summed E-state index contributed by atoms with van der Waals surface area (Å²) in [6, 6.07) is 14.6. The van der Waals surface area contributed by atoms with Crippen molar-refractivity contribution in [2.45, 2.75) is 25.9 Å². The van der Waals surface area contributed by atoms with Gasteiger partial charge in [-0.25, -0.2) is 0 Å². The van der Waals surface area contributed by atoms with Crippen molar-refractivity contribution in [2.75, 3.05) is 6.54 Å². The molecule has 0 aliphatic rings. The molecule has 0 aliphatic heterocycles. The minimum atomic E-state index is -0.392. The Kier molecular flexibility index (Phi) is 4.00. The Morgan fingerprint density at radius 3 is 2.33 bits per heavy atom. The van der Waals surface area contributed by atoms with Crippen LogP contribution in [0.2, 0.25) is 0 Å². The third kappa shape index (κ3) is 2.55. The molecule has 2 heteroatoms. The predicted molar refractivity (Wildman–Crippen MR) is 76.6 cm³/mol. The van der Waals surface area contributed by atoms with Gasteiger partial charge in [0.1, 0.15) is 0 Å². The van der Waals surface area contributed by atoms with Crippen LogP contribution in [0.3, 0.4) is 0 Å². The Morgan fingerprint density at radius 1 is 1.06 bits per heavy atom. The highest BCUT2D eigenvalue weighted by Gasteiger charge is 2.22. The molecule has 0 radical (unpaired) electrons. The summed E-state index contributed by atoms with van der Waals surface area (Å²) < 4.78 is 0. The van der Waals surface area contributed by atoms with Gasteiger partial charge in [0.2, 0.25) is 0 Å². The van der Waals surface area contributed by atoms with E-state index in [4.69, 9.17) is 5.73 Å². The van der Waals surface area contributed by atoms with Crippen LogP contribution in [-0.2, 0) is 0 Å². The summed E-state index contributed by atoms with van der Waals surface area (Å²) in [4.78, 5) is 0. The first-order valence-corrected chi connectivity index (χ1v) is 6.50. The Bertz CT molecular complexity index is 521. The number of nitrogens with two attached hydrogens (primary N) is 1. The second-order valence-electron chi connectivity index (χ2n) is 5.18. The van der Waals surface area contributed by atoms with Crippen molar-refractivity contribution >= 4 is 10.8 Å². The Balaban J connectivity index is 2.39. The van der Waals surface area contributed by atoms with Gasteiger partial charge in [0.05, 0.1) is 6.10 Å². The zero-order valence-electron chi connectivity index (χ0n) is 11.0. The van der Waals surface area contributed by atoms with Crippen LogP contribution >= 0.6 is 0 Å². The molecule has 2 atom stereocenters. The summed E-state index contributed by atoms with van der Waals surface area (Å²) in [5.74, 6) is 0.222. The highest BCUT2D eigenvalue weighted by molar-refractivity contribution is 5.83. The lowest BCUT2D eigenvalue weighted by molar-refractivity contribution is 0.0986. The number of benzene rings is 2. The molecule has 2 rings (SSSR count). The van der Waals surface area contributed by atoms with Gasteiger partial charge in [0, 0.05) is 12.5 Å². The van der Waals surface area contributed by atoms with Gasteiger partial charge in [-0.05, 0) is 22.3 Å². The molecule has 0 fully saturated rings. The average molecular weight is 243 g/mol. The second kappa shape index (κ2) is 5.51. The van der Waals surface area contributed by atoms with Crippen LogP contribution in [0.5, 0.6) is 0 Å². The third-order valence-corrected chi connectivity index (χ3v) is 3.55. The number of hydrogen-bond acceptors (Lipinski definition) is 2. The van der Waals surface area contributed by atoms with Crippen LogP contribution in [0.25, 0.3) is 10.8 Å². The average Bonchev–Trinajstić information content (AvgIpc) is 2.39. The SMILES string of the molecule is CC(C)[C@H](O)[C@H](CN)c1ccc2ccccc2c1. The van der Waals surface area contributed by atoms with Crippen LogP contribution in [0.4, 0.5) is 0 Å². The molecule has 96 valence electrons. The molecule has 0 spiro atoms. The monoisotopic (exact) mass is 243 g/mol. The van der Waals surface area contributed by atoms with Gasteiger partial charge < -0.3 is 10.8 Å². The minimum Gasteiger partial charge on any atom is -0.392 e. The summed E-state index contributed by atoms with van der Waals surface area (Å²) in [7, 11) is 0. The molecule has 0 aromatic heterocycles. The van der Waals surface area contributed by atoms with Crippen LogP contribution < -0.4 is 5.73 Å². The molecule has 0 amide bonds. The summed E-state index contributed by atoms with van der Waals surface area (Å²) in [5.41, 5.74) is 6.95. The number of aliphatic hydroxyl groups excluding tert-OH is 1. The fourth-order valence-electron chi connectivity index (χ4n) is 2.38. The minimum absolute atomic E-state index is 0.00889. The number of fused-ring (bicyclic) bond motifs is 1. The Morgan fingerprint density at radius 2 is 1.72 bits per heavy atom. The van der Waals surface area contributed by atoms with Crippen molar-refractivity contribution in [2.24, 2.45) is 11.7 Å². The standard InChI is InChI=1S/C16H21NO/c1-11(2)16(18)15(10-17)14-8-7-12-5-3-4-6-13(12)9-14/h3-9,11,15-16,18H,10,17H2,1-2H3/t15-,16+/m1/s1. The Hall–Kier alpha value is -1.38. The van der Waals surface area contributed by atoms with Crippen LogP contribution in [0.15, 0.2) is 42.5 Å². The van der Waals surface area contributed by atoms with Crippen LogP contribution in [-0.4, -0.2) is 17.8 Å². The maximum absolute atomic E-state index is 10.2. The van der Waals surface area contributed by atoms with E-state index in [1.165, 1.54) is 10.8 Å². The van der Waals surface area contributed by atoms with E-state index in [1.807, 2.05) is 26.0 Å². The van der Waals surface area contributed by atoms with Gasteiger partial charge in [0.15, 0.2) is 0 Å². The fraction of sp³-hybridized carbons (Fsp3) is 0.375. The normalized spacial score (nSPS) is 14.9. The molecule has 0 saturated carbocycles. The van der Waals surface area contributed by atoms with E-state index in [0.29, 0.717) is 6.54 Å². The molecule has 2 nitrogen and oxygen atoms in total. The maximum atomic E-state index is 10.2. The van der Waals surface area contributed by atoms with E-state index in [1.54, 1.807) is 0 Å². The number of aliphatic hydroxyl groups is 1. The lowest BCUT2D eigenvalue weighted by atomic mass is 9.86. The summed E-state index contributed by atoms with van der Waals surface area (Å²) in [6.45, 7) is 4.51. The zero-order chi connectivity index (χ0) is 13.1. The summed E-state index contributed by atoms with van der Waals surface area (Å²) in [6.07, 6.45) is -0.392. The van der Waals surface area contributed by atoms with Crippen LogP contribution in [0.1, 0.15) is 25.3 Å². The largest absolute Gasteiger partial charge is 0.392 e. The van der Waals surface area contributed by atoms with E-state index in [2.05, 4.69) is 30.3 Å². The smallest absolute Gasteiger partial charge is 0.0643 e. The van der Waals surface area contributed by atoms with Gasteiger partial charge in [-0.2, -0.15) is 0 Å². The first-order valence-electron chi connectivity index (χ1n) is 6.50. The van der Waals surface area contributed by atoms with Gasteiger partial charge in [-0.1, -0.05) is 56.3 Å². The van der Waals surface area contributed by atoms with E-state index < -0.39 is 6.10 Å². The first kappa shape index (κ1) is 13.1. The van der Waals surface area contributed by atoms with Gasteiger partial charge in [0.25, 0.3) is 0 Å². The quantitative estimate of drug-likeness (QED) is 0.867. The van der Waals surface area contributed by atoms with Gasteiger partial charge >= 0.3 is 0 Å². The van der Waals surface area contributed by atoms with Crippen molar-refractivity contribution in [3.8, 4) is 0 Å². The van der Waals surface area contributed by atoms with Crippen molar-refractivity contribution in [1.29, 1.82) is 0 Å². The van der Waals surface area contributed by atoms with Crippen LogP contribution in [0, 0.1) is 5.92 Å². The fourth-order valence-corrected chi connectivity index (χ4v) is 2.38. The zero-order valence-corrected chi connectivity index (χ0v) is 11.0. The molecular weight excluding hydrogens is 222 g/mol. The van der Waals surface area contributed by atoms with Crippen molar-refractivity contribution in [3.63, 3.8) is 0 Å². The van der Waals surface area contributed by atoms with E-state index >= 15 is 0 Å². The van der Waals surface area contributed by atoms with E-state index in [0.717, 1.165) is 5.56 Å². The molecule has 0 bridgehead atoms. The van der Waals surface area contributed by atoms with Crippen molar-refractivity contribution in [3.05, 3.63) is 48.0 Å². The summed E-state index contributed by atoms with van der Waals surface area (Å²) >= 11 is 0. The lowest BCUT2D eigenvalue weighted by Crippen LogP contribution is -2.29. The molecule has 3 N–H and O–H groups in total. The molecule has 18 heavy (non-hydrogen) atoms. The highest BCUT2D eigenvalue weighted by Crippen LogP contribution is 2.26. The topological polar surface area (TPSA) is 46.2 Å². The lowest BCUT2D eigenvalue weighted by Gasteiger charge is -2.25. The van der Waals surface area contributed by atoms with Crippen molar-refractivity contribution < 1.29 is 5.11 Å². The molecule has 2 aromatic carbocycles. The van der Waals surface area contributed by atoms with Crippen molar-refractivity contribution in [1.82, 2.24) is 0 Å². The highest BCUT2D eigenvalue weighted by atomic mass is 16.3. The Labute approximate surface area is 108 Å². The number of rotatable bonds is 4. The van der Waals surface area contributed by atoms with Gasteiger partial charge in [-0.3, -0.25) is 0 Å². The second-order valence-corrected chi connectivity index (χ2v) is 5.18. The molecule has 0 heterocycles. The number of hydrogen-bond donors (Lipinski definition) is 2. The summed E-state index contributed by atoms with van der Waals surface area (Å²) in [5, 5.41) is 12.6. The molecule has 2 aromatic rings. The molecule has 0 aliphatic carbocycles. The molecular formula is C16H21NO. The molecule has 0 saturated heterocycles. The molecule has 0 unspecified atom stereocenters. The third-order valence-electron chi connectivity index (χ3n) is 3.55. The van der Waals surface area contributed by atoms with Gasteiger partial charge in [-0.15, -0.1) is 0 Å². The van der Waals surface area contributed by atoms with E-state index in [-0.39, 0.29) is 11.8 Å². The maximum Gasteiger partial charge on any atom is 0.0643 e. The van der Waals surface area contributed by atoms with E-state index in [9.17, 15) is 5.11 Å².